The topological polar surface area (TPSA) is 73.6 Å². The summed E-state index contributed by atoms with van der Waals surface area (Å²) in [6, 6.07) is 9.73. The zero-order valence-corrected chi connectivity index (χ0v) is 9.96. The maximum Gasteiger partial charge on any atom is 0.222 e. The predicted molar refractivity (Wildman–Crippen MR) is 68.3 cm³/mol. The lowest BCUT2D eigenvalue weighted by atomic mass is 10.1. The zero-order valence-electron chi connectivity index (χ0n) is 9.96. The maximum absolute atomic E-state index is 5.50. The smallest absolute Gasteiger partial charge is 0.222 e. The fourth-order valence-electron chi connectivity index (χ4n) is 1.84. The van der Waals surface area contributed by atoms with E-state index in [-0.39, 0.29) is 6.04 Å². The number of nitrogens with zero attached hydrogens (tertiary/aromatic N) is 2. The number of nitrogens with two attached hydrogens (primary N) is 1. The third kappa shape index (κ3) is 1.95. The molecule has 0 saturated heterocycles. The van der Waals surface area contributed by atoms with Crippen molar-refractivity contribution in [3.05, 3.63) is 35.9 Å². The molecule has 1 atom stereocenters. The number of nitrogen functional groups attached to an aromatic ring is 1. The first-order valence-electron chi connectivity index (χ1n) is 5.76. The van der Waals surface area contributed by atoms with Gasteiger partial charge >= 0.3 is 0 Å². The number of aromatic nitrogens is 1. The molecule has 1 aromatic heterocycles. The zero-order chi connectivity index (χ0) is 12.5. The summed E-state index contributed by atoms with van der Waals surface area (Å²) in [4.78, 5) is 4.41. The number of aliphatic imine (C=N–C) groups is 1. The van der Waals surface area contributed by atoms with Gasteiger partial charge in [-0.3, -0.25) is 0 Å². The van der Waals surface area contributed by atoms with Crippen LogP contribution in [0.4, 0.5) is 5.88 Å². The Morgan fingerprint density at radius 1 is 1.22 bits per heavy atom. The van der Waals surface area contributed by atoms with Crippen LogP contribution in [-0.2, 0) is 4.74 Å². The van der Waals surface area contributed by atoms with E-state index in [4.69, 9.17) is 15.0 Å². The standard InChI is InChI=1S/C13H13N3O2/c1-8-7-17-13(15-8)10-4-2-9(3-5-10)11-6-12(14)18-16-11/h2-6,8H,7,14H2,1H3. The van der Waals surface area contributed by atoms with Crippen molar-refractivity contribution in [1.29, 1.82) is 0 Å². The fraction of sp³-hybridized carbons (Fsp3) is 0.231. The number of benzene rings is 1. The molecule has 0 aliphatic carbocycles. The van der Waals surface area contributed by atoms with Crippen LogP contribution in [0.15, 0.2) is 39.8 Å². The molecule has 2 heterocycles. The molecular formula is C13H13N3O2. The molecule has 1 unspecified atom stereocenters. The SMILES string of the molecule is CC1COC(c2ccc(-c3cc(N)on3)cc2)=N1. The van der Waals surface area contributed by atoms with Crippen molar-refractivity contribution in [2.45, 2.75) is 13.0 Å². The van der Waals surface area contributed by atoms with Gasteiger partial charge in [0.15, 0.2) is 0 Å². The summed E-state index contributed by atoms with van der Waals surface area (Å²) < 4.78 is 10.3. The first-order valence-corrected chi connectivity index (χ1v) is 5.76. The molecule has 92 valence electrons. The van der Waals surface area contributed by atoms with E-state index in [2.05, 4.69) is 10.1 Å². The van der Waals surface area contributed by atoms with Gasteiger partial charge in [0.1, 0.15) is 12.3 Å². The van der Waals surface area contributed by atoms with Gasteiger partial charge in [0.25, 0.3) is 0 Å². The minimum atomic E-state index is 0.231. The molecule has 2 N–H and O–H groups in total. The van der Waals surface area contributed by atoms with Crippen molar-refractivity contribution in [1.82, 2.24) is 5.16 Å². The number of hydrogen-bond donors (Lipinski definition) is 1. The molecule has 0 radical (unpaired) electrons. The molecule has 5 nitrogen and oxygen atoms in total. The third-order valence-electron chi connectivity index (χ3n) is 2.75. The van der Waals surface area contributed by atoms with Gasteiger partial charge < -0.3 is 15.0 Å². The van der Waals surface area contributed by atoms with Gasteiger partial charge in [0.2, 0.25) is 11.8 Å². The van der Waals surface area contributed by atoms with Gasteiger partial charge in [-0.1, -0.05) is 17.3 Å². The normalized spacial score (nSPS) is 18.5. The molecule has 1 aliphatic rings. The van der Waals surface area contributed by atoms with E-state index in [9.17, 15) is 0 Å². The fourth-order valence-corrected chi connectivity index (χ4v) is 1.84. The van der Waals surface area contributed by atoms with E-state index in [1.807, 2.05) is 31.2 Å². The molecule has 0 bridgehead atoms. The molecule has 18 heavy (non-hydrogen) atoms. The van der Waals surface area contributed by atoms with E-state index < -0.39 is 0 Å². The van der Waals surface area contributed by atoms with E-state index in [0.29, 0.717) is 18.4 Å². The van der Waals surface area contributed by atoms with E-state index in [1.54, 1.807) is 6.07 Å². The van der Waals surface area contributed by atoms with Crippen LogP contribution in [0.3, 0.4) is 0 Å². The van der Waals surface area contributed by atoms with Crippen molar-refractivity contribution in [3.63, 3.8) is 0 Å². The molecule has 1 aromatic carbocycles. The first kappa shape index (κ1) is 10.8. The van der Waals surface area contributed by atoms with Gasteiger partial charge in [-0.25, -0.2) is 4.99 Å². The molecule has 0 amide bonds. The average Bonchev–Trinajstić information content (AvgIpc) is 2.98. The lowest BCUT2D eigenvalue weighted by Gasteiger charge is -2.02. The van der Waals surface area contributed by atoms with Gasteiger partial charge in [0.05, 0.1) is 6.04 Å². The second-order valence-electron chi connectivity index (χ2n) is 4.29. The Balaban J connectivity index is 1.87. The highest BCUT2D eigenvalue weighted by atomic mass is 16.5. The van der Waals surface area contributed by atoms with Gasteiger partial charge in [-0.15, -0.1) is 0 Å². The van der Waals surface area contributed by atoms with Crippen molar-refractivity contribution in [2.24, 2.45) is 4.99 Å². The second-order valence-corrected chi connectivity index (χ2v) is 4.29. The molecular weight excluding hydrogens is 230 g/mol. The van der Waals surface area contributed by atoms with Crippen molar-refractivity contribution >= 4 is 11.8 Å². The average molecular weight is 243 g/mol. The minimum Gasteiger partial charge on any atom is -0.475 e. The quantitative estimate of drug-likeness (QED) is 0.876. The van der Waals surface area contributed by atoms with Gasteiger partial charge in [-0.05, 0) is 19.1 Å². The van der Waals surface area contributed by atoms with E-state index in [0.717, 1.165) is 16.8 Å². The Bertz CT molecular complexity index is 587. The highest BCUT2D eigenvalue weighted by Gasteiger charge is 2.16. The summed E-state index contributed by atoms with van der Waals surface area (Å²) in [6.07, 6.45) is 0. The van der Waals surface area contributed by atoms with Crippen LogP contribution in [0.25, 0.3) is 11.3 Å². The molecule has 0 spiro atoms. The maximum atomic E-state index is 5.50. The number of ether oxygens (including phenoxy) is 1. The van der Waals surface area contributed by atoms with Crippen molar-refractivity contribution in [3.8, 4) is 11.3 Å². The summed E-state index contributed by atoms with van der Waals surface area (Å²) in [5.74, 6) is 1.01. The highest BCUT2D eigenvalue weighted by molar-refractivity contribution is 5.95. The molecule has 0 fully saturated rings. The lowest BCUT2D eigenvalue weighted by Crippen LogP contribution is -2.01. The van der Waals surface area contributed by atoms with Crippen LogP contribution >= 0.6 is 0 Å². The largest absolute Gasteiger partial charge is 0.475 e. The monoisotopic (exact) mass is 243 g/mol. The molecule has 5 heteroatoms. The summed E-state index contributed by atoms with van der Waals surface area (Å²) in [7, 11) is 0. The van der Waals surface area contributed by atoms with Crippen LogP contribution in [0.2, 0.25) is 0 Å². The van der Waals surface area contributed by atoms with Crippen LogP contribution in [0, 0.1) is 0 Å². The number of anilines is 1. The first-order chi connectivity index (χ1) is 8.72. The van der Waals surface area contributed by atoms with Gasteiger partial charge in [-0.2, -0.15) is 0 Å². The van der Waals surface area contributed by atoms with Gasteiger partial charge in [0, 0.05) is 17.2 Å². The molecule has 1 aliphatic heterocycles. The Labute approximate surface area is 104 Å². The lowest BCUT2D eigenvalue weighted by molar-refractivity contribution is 0.324. The summed E-state index contributed by atoms with van der Waals surface area (Å²) in [5.41, 5.74) is 8.14. The molecule has 3 rings (SSSR count). The Kier molecular flexibility index (Phi) is 2.51. The summed E-state index contributed by atoms with van der Waals surface area (Å²) in [6.45, 7) is 2.68. The molecule has 0 saturated carbocycles. The minimum absolute atomic E-state index is 0.231. The molecule has 2 aromatic rings. The van der Waals surface area contributed by atoms with E-state index >= 15 is 0 Å². The Morgan fingerprint density at radius 2 is 1.94 bits per heavy atom. The van der Waals surface area contributed by atoms with Crippen LogP contribution in [0.1, 0.15) is 12.5 Å². The second kappa shape index (κ2) is 4.18. The summed E-state index contributed by atoms with van der Waals surface area (Å²) in [5, 5.41) is 3.86. The predicted octanol–water partition coefficient (Wildman–Crippen LogP) is 2.09. The van der Waals surface area contributed by atoms with Crippen molar-refractivity contribution < 1.29 is 9.26 Å². The number of rotatable bonds is 2. The summed E-state index contributed by atoms with van der Waals surface area (Å²) >= 11 is 0. The van der Waals surface area contributed by atoms with Crippen LogP contribution < -0.4 is 5.73 Å². The van der Waals surface area contributed by atoms with Crippen LogP contribution in [0.5, 0.6) is 0 Å². The Hall–Kier alpha value is -2.30. The van der Waals surface area contributed by atoms with Crippen molar-refractivity contribution in [2.75, 3.05) is 12.3 Å². The third-order valence-corrected chi connectivity index (χ3v) is 2.75. The number of hydrogen-bond acceptors (Lipinski definition) is 5. The Morgan fingerprint density at radius 3 is 2.50 bits per heavy atom. The van der Waals surface area contributed by atoms with Crippen LogP contribution in [-0.4, -0.2) is 23.7 Å². The van der Waals surface area contributed by atoms with E-state index in [1.165, 1.54) is 0 Å². The highest BCUT2D eigenvalue weighted by Crippen LogP contribution is 2.21.